The van der Waals surface area contributed by atoms with Gasteiger partial charge in [-0.3, -0.25) is 14.9 Å². The number of aliphatic hydroxyl groups is 2. The highest BCUT2D eigenvalue weighted by Gasteiger charge is 2.66. The quantitative estimate of drug-likeness (QED) is 0.551. The van der Waals surface area contributed by atoms with E-state index in [0.717, 1.165) is 19.3 Å². The molecule has 4 aliphatic carbocycles. The molecule has 0 radical (unpaired) electrons. The Morgan fingerprint density at radius 1 is 1.15 bits per heavy atom. The highest BCUT2D eigenvalue weighted by atomic mass is 16.6. The van der Waals surface area contributed by atoms with Gasteiger partial charge in [-0.25, -0.2) is 0 Å². The van der Waals surface area contributed by atoms with Gasteiger partial charge in [0.05, 0.1) is 16.6 Å². The van der Waals surface area contributed by atoms with Gasteiger partial charge in [0.25, 0.3) is 0 Å². The van der Waals surface area contributed by atoms with Crippen LogP contribution in [0.25, 0.3) is 0 Å². The Morgan fingerprint density at radius 2 is 1.85 bits per heavy atom. The predicted octanol–water partition coefficient (Wildman–Crippen LogP) is 2.84. The van der Waals surface area contributed by atoms with Crippen LogP contribution < -0.4 is 0 Å². The molecule has 6 nitrogen and oxygen atoms in total. The molecule has 4 rings (SSSR count). The Morgan fingerprint density at radius 3 is 2.50 bits per heavy atom. The van der Waals surface area contributed by atoms with Gasteiger partial charge in [0.15, 0.2) is 0 Å². The zero-order chi connectivity index (χ0) is 19.1. The molecular formula is C20H29NO5. The van der Waals surface area contributed by atoms with Crippen molar-refractivity contribution < 1.29 is 19.9 Å². The summed E-state index contributed by atoms with van der Waals surface area (Å²) < 4.78 is 0. The number of hydrogen-bond donors (Lipinski definition) is 2. The third-order valence-corrected chi connectivity index (χ3v) is 8.77. The van der Waals surface area contributed by atoms with E-state index in [1.165, 1.54) is 0 Å². The molecule has 26 heavy (non-hydrogen) atoms. The average molecular weight is 363 g/mol. The molecule has 0 spiro atoms. The molecule has 2 N–H and O–H groups in total. The normalized spacial score (nSPS) is 50.9. The van der Waals surface area contributed by atoms with E-state index in [-0.39, 0.29) is 35.2 Å². The zero-order valence-corrected chi connectivity index (χ0v) is 15.8. The van der Waals surface area contributed by atoms with Crippen LogP contribution in [0.4, 0.5) is 0 Å². The van der Waals surface area contributed by atoms with Crippen molar-refractivity contribution in [2.45, 2.75) is 77.4 Å². The van der Waals surface area contributed by atoms with Gasteiger partial charge in [-0.15, -0.1) is 0 Å². The second-order valence-corrected chi connectivity index (χ2v) is 9.76. The van der Waals surface area contributed by atoms with Gasteiger partial charge in [-0.05, 0) is 63.2 Å². The van der Waals surface area contributed by atoms with Crippen molar-refractivity contribution >= 4 is 5.78 Å². The molecule has 2 unspecified atom stereocenters. The third-order valence-electron chi connectivity index (χ3n) is 8.77. The molecule has 0 heterocycles. The van der Waals surface area contributed by atoms with Crippen LogP contribution in [-0.4, -0.2) is 32.6 Å². The molecule has 144 valence electrons. The highest BCUT2D eigenvalue weighted by molar-refractivity contribution is 5.95. The third kappa shape index (κ3) is 2.09. The van der Waals surface area contributed by atoms with Crippen molar-refractivity contribution in [2.24, 2.45) is 28.6 Å². The topological polar surface area (TPSA) is 101 Å². The molecule has 0 saturated heterocycles. The van der Waals surface area contributed by atoms with Gasteiger partial charge in [-0.1, -0.05) is 13.8 Å². The first-order chi connectivity index (χ1) is 12.0. The molecule has 4 aliphatic rings. The van der Waals surface area contributed by atoms with Crippen molar-refractivity contribution in [1.82, 2.24) is 0 Å². The van der Waals surface area contributed by atoms with E-state index in [1.54, 1.807) is 0 Å². The molecule has 0 bridgehead atoms. The standard InChI is InChI=1S/C20H29NO5/c1-18-8-7-14(22)17(21(25)26)13(18)5-4-11-12-6-9-20(3,24)19(12,2)10-15(23)16(11)18/h11-12,15-16,23-24H,4-10H2,1-3H3/t11-,12-,15?,16-,18-,19-,20?/m0/s1. The SMILES string of the molecule is CC1(O)CC[C@H]2[C@@H]3CCC4=C([N+](=O)[O-])C(=O)CC[C@]4(C)[C@@H]3C(O)C[C@@]21C. The summed E-state index contributed by atoms with van der Waals surface area (Å²) in [5.41, 5.74) is -1.14. The monoisotopic (exact) mass is 363 g/mol. The Kier molecular flexibility index (Phi) is 3.75. The minimum absolute atomic E-state index is 0.0683. The number of aliphatic hydroxyl groups excluding tert-OH is 1. The Bertz CT molecular complexity index is 713. The predicted molar refractivity (Wildman–Crippen MR) is 94.7 cm³/mol. The number of nitrogens with zero attached hydrogens (tertiary/aromatic N) is 1. The molecule has 7 atom stereocenters. The van der Waals surface area contributed by atoms with Gasteiger partial charge in [0.2, 0.25) is 5.78 Å². The Hall–Kier alpha value is -1.27. The van der Waals surface area contributed by atoms with Crippen LogP contribution in [0.15, 0.2) is 11.3 Å². The zero-order valence-electron chi connectivity index (χ0n) is 15.8. The van der Waals surface area contributed by atoms with Crippen LogP contribution in [0.2, 0.25) is 0 Å². The molecule has 0 amide bonds. The number of nitro groups is 1. The Labute approximate surface area is 153 Å². The van der Waals surface area contributed by atoms with E-state index in [0.29, 0.717) is 30.8 Å². The largest absolute Gasteiger partial charge is 0.393 e. The molecule has 0 aliphatic heterocycles. The Balaban J connectivity index is 1.80. The fourth-order valence-corrected chi connectivity index (χ4v) is 7.25. The number of Topliss-reactive ketones (excluding diaryl/α,β-unsaturated/α-hetero) is 1. The van der Waals surface area contributed by atoms with Gasteiger partial charge in [0, 0.05) is 22.8 Å². The van der Waals surface area contributed by atoms with Crippen molar-refractivity contribution in [3.63, 3.8) is 0 Å². The minimum atomic E-state index is -0.783. The average Bonchev–Trinajstić information content (AvgIpc) is 2.77. The molecule has 0 aromatic heterocycles. The molecule has 6 heteroatoms. The van der Waals surface area contributed by atoms with Gasteiger partial charge in [-0.2, -0.15) is 0 Å². The summed E-state index contributed by atoms with van der Waals surface area (Å²) in [6.07, 6.45) is 3.68. The molecule has 0 aromatic rings. The minimum Gasteiger partial charge on any atom is -0.393 e. The van der Waals surface area contributed by atoms with Gasteiger partial charge in [0.1, 0.15) is 0 Å². The fraction of sp³-hybridized carbons (Fsp3) is 0.850. The number of hydrogen-bond acceptors (Lipinski definition) is 5. The van der Waals surface area contributed by atoms with Crippen molar-refractivity contribution in [3.05, 3.63) is 21.4 Å². The lowest BCUT2D eigenvalue weighted by Crippen LogP contribution is -2.59. The van der Waals surface area contributed by atoms with E-state index < -0.39 is 22.0 Å². The summed E-state index contributed by atoms with van der Waals surface area (Å²) in [6.45, 7) is 6.01. The summed E-state index contributed by atoms with van der Waals surface area (Å²) in [6, 6.07) is 0. The summed E-state index contributed by atoms with van der Waals surface area (Å²) in [5.74, 6) is 0.134. The van der Waals surface area contributed by atoms with Crippen LogP contribution in [0.1, 0.15) is 65.7 Å². The summed E-state index contributed by atoms with van der Waals surface area (Å²) in [7, 11) is 0. The number of carbonyl (C=O) groups is 1. The fourth-order valence-electron chi connectivity index (χ4n) is 7.25. The lowest BCUT2D eigenvalue weighted by atomic mass is 9.45. The van der Waals surface area contributed by atoms with E-state index in [9.17, 15) is 25.1 Å². The van der Waals surface area contributed by atoms with Crippen molar-refractivity contribution in [3.8, 4) is 0 Å². The second-order valence-electron chi connectivity index (χ2n) is 9.76. The van der Waals surface area contributed by atoms with Gasteiger partial charge < -0.3 is 10.2 Å². The van der Waals surface area contributed by atoms with Crippen LogP contribution in [-0.2, 0) is 4.79 Å². The molecular weight excluding hydrogens is 334 g/mol. The number of carbonyl (C=O) groups excluding carboxylic acids is 1. The molecule has 3 fully saturated rings. The van der Waals surface area contributed by atoms with Crippen molar-refractivity contribution in [2.75, 3.05) is 0 Å². The first-order valence-electron chi connectivity index (χ1n) is 9.84. The maximum absolute atomic E-state index is 12.2. The van der Waals surface area contributed by atoms with Crippen LogP contribution >= 0.6 is 0 Å². The summed E-state index contributed by atoms with van der Waals surface area (Å²) >= 11 is 0. The number of fused-ring (bicyclic) bond motifs is 5. The van der Waals surface area contributed by atoms with E-state index in [1.807, 2.05) is 13.8 Å². The van der Waals surface area contributed by atoms with E-state index in [2.05, 4.69) is 6.92 Å². The lowest BCUT2D eigenvalue weighted by Gasteiger charge is -2.60. The highest BCUT2D eigenvalue weighted by Crippen LogP contribution is 2.67. The lowest BCUT2D eigenvalue weighted by molar-refractivity contribution is -0.422. The van der Waals surface area contributed by atoms with Crippen LogP contribution in [0, 0.1) is 38.7 Å². The van der Waals surface area contributed by atoms with E-state index >= 15 is 0 Å². The van der Waals surface area contributed by atoms with Crippen LogP contribution in [0.3, 0.4) is 0 Å². The number of allylic oxidation sites excluding steroid dienone is 1. The second kappa shape index (κ2) is 5.38. The molecule has 0 aromatic carbocycles. The first-order valence-corrected chi connectivity index (χ1v) is 9.84. The molecule has 3 saturated carbocycles. The summed E-state index contributed by atoms with van der Waals surface area (Å²) in [5, 5.41) is 33.7. The van der Waals surface area contributed by atoms with Crippen molar-refractivity contribution in [1.29, 1.82) is 0 Å². The number of rotatable bonds is 1. The summed E-state index contributed by atoms with van der Waals surface area (Å²) in [4.78, 5) is 23.2. The maximum Gasteiger partial charge on any atom is 0.311 e. The van der Waals surface area contributed by atoms with E-state index in [4.69, 9.17) is 0 Å². The first kappa shape index (κ1) is 18.1. The van der Waals surface area contributed by atoms with Crippen LogP contribution in [0.5, 0.6) is 0 Å². The maximum atomic E-state index is 12.2. The number of ketones is 1. The van der Waals surface area contributed by atoms with Gasteiger partial charge >= 0.3 is 5.70 Å². The smallest absolute Gasteiger partial charge is 0.311 e.